The topological polar surface area (TPSA) is 15.3 Å². The van der Waals surface area contributed by atoms with Crippen molar-refractivity contribution in [1.82, 2.24) is 10.2 Å². The molecule has 1 atom stereocenters. The third kappa shape index (κ3) is 1.96. The molecule has 0 aromatic heterocycles. The van der Waals surface area contributed by atoms with Crippen LogP contribution in [0, 0.1) is 0 Å². The molecule has 0 radical (unpaired) electrons. The fourth-order valence-electron chi connectivity index (χ4n) is 3.08. The molecule has 1 aliphatic heterocycles. The van der Waals surface area contributed by atoms with Crippen molar-refractivity contribution >= 4 is 0 Å². The summed E-state index contributed by atoms with van der Waals surface area (Å²) in [6.07, 6.45) is 7.11. The molecule has 0 amide bonds. The second-order valence-electron chi connectivity index (χ2n) is 5.13. The molecule has 2 rings (SSSR count). The molecule has 0 bridgehead atoms. The van der Waals surface area contributed by atoms with Crippen molar-refractivity contribution in [2.75, 3.05) is 19.6 Å². The Balaban J connectivity index is 1.99. The maximum Gasteiger partial charge on any atom is 0.0309 e. The average molecular weight is 196 g/mol. The van der Waals surface area contributed by atoms with E-state index in [1.54, 1.807) is 0 Å². The molecule has 14 heavy (non-hydrogen) atoms. The van der Waals surface area contributed by atoms with Crippen molar-refractivity contribution in [1.29, 1.82) is 0 Å². The number of piperazine rings is 1. The van der Waals surface area contributed by atoms with Gasteiger partial charge in [0.1, 0.15) is 0 Å². The lowest BCUT2D eigenvalue weighted by atomic mass is 9.79. The molecule has 1 N–H and O–H groups in total. The van der Waals surface area contributed by atoms with E-state index in [9.17, 15) is 0 Å². The molecule has 2 aliphatic rings. The molecule has 82 valence electrons. The lowest BCUT2D eigenvalue weighted by Gasteiger charge is -2.48. The van der Waals surface area contributed by atoms with Crippen LogP contribution in [0.5, 0.6) is 0 Å². The Morgan fingerprint density at radius 3 is 2.64 bits per heavy atom. The number of hydrogen-bond acceptors (Lipinski definition) is 2. The summed E-state index contributed by atoms with van der Waals surface area (Å²) >= 11 is 0. The summed E-state index contributed by atoms with van der Waals surface area (Å²) in [6.45, 7) is 8.31. The minimum Gasteiger partial charge on any atom is -0.308 e. The molecule has 0 aromatic rings. The zero-order valence-corrected chi connectivity index (χ0v) is 9.68. The van der Waals surface area contributed by atoms with Gasteiger partial charge in [-0.25, -0.2) is 0 Å². The zero-order chi connectivity index (χ0) is 10.0. The first kappa shape index (κ1) is 10.4. The van der Waals surface area contributed by atoms with Gasteiger partial charge in [0.25, 0.3) is 0 Å². The first-order chi connectivity index (χ1) is 6.76. The Labute approximate surface area is 88.1 Å². The van der Waals surface area contributed by atoms with Crippen LogP contribution in [0.4, 0.5) is 0 Å². The highest BCUT2D eigenvalue weighted by molar-refractivity contribution is 4.98. The quantitative estimate of drug-likeness (QED) is 0.690. The lowest BCUT2D eigenvalue weighted by molar-refractivity contribution is 0.0670. The molecule has 1 saturated heterocycles. The van der Waals surface area contributed by atoms with Crippen molar-refractivity contribution in [2.24, 2.45) is 0 Å². The summed E-state index contributed by atoms with van der Waals surface area (Å²) < 4.78 is 0. The van der Waals surface area contributed by atoms with Gasteiger partial charge in [-0.15, -0.1) is 0 Å². The van der Waals surface area contributed by atoms with Crippen molar-refractivity contribution in [2.45, 2.75) is 57.5 Å². The Hall–Kier alpha value is -0.0800. The van der Waals surface area contributed by atoms with E-state index in [4.69, 9.17) is 0 Å². The smallest absolute Gasteiger partial charge is 0.0309 e. The van der Waals surface area contributed by atoms with Crippen LogP contribution in [-0.2, 0) is 0 Å². The van der Waals surface area contributed by atoms with Crippen molar-refractivity contribution in [3.63, 3.8) is 0 Å². The van der Waals surface area contributed by atoms with Gasteiger partial charge in [0.15, 0.2) is 0 Å². The van der Waals surface area contributed by atoms with Gasteiger partial charge in [-0.2, -0.15) is 0 Å². The summed E-state index contributed by atoms with van der Waals surface area (Å²) in [4.78, 5) is 2.64. The van der Waals surface area contributed by atoms with Crippen LogP contribution in [0.25, 0.3) is 0 Å². The van der Waals surface area contributed by atoms with Gasteiger partial charge in [-0.1, -0.05) is 26.2 Å². The monoisotopic (exact) mass is 196 g/mol. The first-order valence-electron chi connectivity index (χ1n) is 6.25. The largest absolute Gasteiger partial charge is 0.308 e. The van der Waals surface area contributed by atoms with Crippen LogP contribution in [0.1, 0.15) is 46.0 Å². The number of likely N-dealkylation sites (N-methyl/N-ethyl adjacent to an activating group) is 1. The average Bonchev–Trinajstić information content (AvgIpc) is 2.23. The molecular weight excluding hydrogens is 172 g/mol. The van der Waals surface area contributed by atoms with Gasteiger partial charge >= 0.3 is 0 Å². The van der Waals surface area contributed by atoms with E-state index in [1.165, 1.54) is 51.7 Å². The molecular formula is C12H24N2. The Kier molecular flexibility index (Phi) is 3.13. The zero-order valence-electron chi connectivity index (χ0n) is 9.68. The first-order valence-corrected chi connectivity index (χ1v) is 6.25. The summed E-state index contributed by atoms with van der Waals surface area (Å²) in [7, 11) is 0. The van der Waals surface area contributed by atoms with Crippen LogP contribution >= 0.6 is 0 Å². The number of rotatable bonds is 1. The van der Waals surface area contributed by atoms with E-state index in [-0.39, 0.29) is 0 Å². The van der Waals surface area contributed by atoms with Crippen LogP contribution < -0.4 is 5.32 Å². The van der Waals surface area contributed by atoms with Gasteiger partial charge in [-0.3, -0.25) is 4.90 Å². The normalized spacial score (nSPS) is 33.4. The highest BCUT2D eigenvalue weighted by Gasteiger charge is 2.37. The third-order valence-corrected chi connectivity index (χ3v) is 4.12. The lowest BCUT2D eigenvalue weighted by Crippen LogP contribution is -2.63. The number of hydrogen-bond donors (Lipinski definition) is 1. The predicted molar refractivity (Wildman–Crippen MR) is 60.5 cm³/mol. The van der Waals surface area contributed by atoms with Crippen LogP contribution in [-0.4, -0.2) is 36.1 Å². The minimum absolute atomic E-state index is 0.487. The second kappa shape index (κ2) is 4.19. The molecule has 2 heteroatoms. The standard InChI is InChI=1S/C12H24N2/c1-3-14-10-12(13-9-11(14)2)7-5-4-6-8-12/h11,13H,3-10H2,1-2H3. The SMILES string of the molecule is CCN1CC2(CCCCC2)NCC1C. The highest BCUT2D eigenvalue weighted by Crippen LogP contribution is 2.31. The second-order valence-corrected chi connectivity index (χ2v) is 5.13. The van der Waals surface area contributed by atoms with Crippen molar-refractivity contribution in [3.05, 3.63) is 0 Å². The molecule has 2 fully saturated rings. The van der Waals surface area contributed by atoms with E-state index in [0.717, 1.165) is 6.04 Å². The maximum atomic E-state index is 3.81. The van der Waals surface area contributed by atoms with Crippen molar-refractivity contribution in [3.8, 4) is 0 Å². The Morgan fingerprint density at radius 2 is 2.00 bits per heavy atom. The van der Waals surface area contributed by atoms with E-state index in [1.807, 2.05) is 0 Å². The summed E-state index contributed by atoms with van der Waals surface area (Å²) in [5.41, 5.74) is 0.487. The molecule has 1 spiro atoms. The fourth-order valence-corrected chi connectivity index (χ4v) is 3.08. The molecule has 2 nitrogen and oxygen atoms in total. The van der Waals surface area contributed by atoms with Gasteiger partial charge in [-0.05, 0) is 26.3 Å². The molecule has 1 aliphatic carbocycles. The summed E-state index contributed by atoms with van der Waals surface area (Å²) in [5, 5.41) is 3.81. The molecule has 1 unspecified atom stereocenters. The Bertz CT molecular complexity index is 185. The highest BCUT2D eigenvalue weighted by atomic mass is 15.2. The van der Waals surface area contributed by atoms with Crippen LogP contribution in [0.3, 0.4) is 0 Å². The minimum atomic E-state index is 0.487. The van der Waals surface area contributed by atoms with E-state index >= 15 is 0 Å². The van der Waals surface area contributed by atoms with Crippen LogP contribution in [0.2, 0.25) is 0 Å². The maximum absolute atomic E-state index is 3.81. The fraction of sp³-hybridized carbons (Fsp3) is 1.00. The van der Waals surface area contributed by atoms with E-state index in [0.29, 0.717) is 5.54 Å². The van der Waals surface area contributed by atoms with E-state index in [2.05, 4.69) is 24.1 Å². The van der Waals surface area contributed by atoms with Gasteiger partial charge < -0.3 is 5.32 Å². The molecule has 0 aromatic carbocycles. The Morgan fingerprint density at radius 1 is 1.29 bits per heavy atom. The van der Waals surface area contributed by atoms with Gasteiger partial charge in [0.2, 0.25) is 0 Å². The van der Waals surface area contributed by atoms with Crippen LogP contribution in [0.15, 0.2) is 0 Å². The summed E-state index contributed by atoms with van der Waals surface area (Å²) in [6, 6.07) is 0.729. The summed E-state index contributed by atoms with van der Waals surface area (Å²) in [5.74, 6) is 0. The molecule has 1 heterocycles. The van der Waals surface area contributed by atoms with Gasteiger partial charge in [0.05, 0.1) is 0 Å². The third-order valence-electron chi connectivity index (χ3n) is 4.12. The molecule has 1 saturated carbocycles. The predicted octanol–water partition coefficient (Wildman–Crippen LogP) is 2.00. The number of nitrogens with one attached hydrogen (secondary N) is 1. The van der Waals surface area contributed by atoms with Crippen molar-refractivity contribution < 1.29 is 0 Å². The number of nitrogens with zero attached hydrogens (tertiary/aromatic N) is 1. The van der Waals surface area contributed by atoms with E-state index < -0.39 is 0 Å². The van der Waals surface area contributed by atoms with Gasteiger partial charge in [0, 0.05) is 24.7 Å².